The van der Waals surface area contributed by atoms with Crippen LogP contribution in [-0.4, -0.2) is 72.6 Å². The molecule has 1 atom stereocenters. The summed E-state index contributed by atoms with van der Waals surface area (Å²) in [5.74, 6) is 1.55. The van der Waals surface area contributed by atoms with Gasteiger partial charge in [-0.1, -0.05) is 13.8 Å². The number of rotatable bonds is 9. The number of guanidine groups is 1. The third-order valence-corrected chi connectivity index (χ3v) is 4.51. The Labute approximate surface area is 158 Å². The third-order valence-electron chi connectivity index (χ3n) is 4.51. The maximum atomic E-state index is 5.51. The molecule has 2 heterocycles. The molecule has 1 saturated heterocycles. The Morgan fingerprint density at radius 2 is 2.08 bits per heavy atom. The summed E-state index contributed by atoms with van der Waals surface area (Å²) in [6, 6.07) is 0.475. The van der Waals surface area contributed by atoms with E-state index >= 15 is 0 Å². The van der Waals surface area contributed by atoms with E-state index < -0.39 is 0 Å². The van der Waals surface area contributed by atoms with Crippen LogP contribution in [0, 0.1) is 12.8 Å². The van der Waals surface area contributed by atoms with Gasteiger partial charge >= 0.3 is 0 Å². The number of aliphatic imine (C=N–C) groups is 1. The van der Waals surface area contributed by atoms with Crippen LogP contribution in [-0.2, 0) is 11.3 Å². The third kappa shape index (κ3) is 7.33. The topological polar surface area (TPSA) is 66.7 Å². The molecule has 0 saturated carbocycles. The number of morpholine rings is 1. The lowest BCUT2D eigenvalue weighted by Crippen LogP contribution is -2.46. The molecule has 0 aromatic carbocycles. The molecule has 7 nitrogen and oxygen atoms in total. The Bertz CT molecular complexity index is 536. The number of hydrogen-bond acceptors (Lipinski definition) is 4. The van der Waals surface area contributed by atoms with Crippen molar-refractivity contribution in [3.05, 3.63) is 18.0 Å². The first-order valence-electron chi connectivity index (χ1n) is 9.91. The maximum Gasteiger partial charge on any atom is 0.191 e. The summed E-state index contributed by atoms with van der Waals surface area (Å²) in [6.45, 7) is 15.7. The van der Waals surface area contributed by atoms with Crippen LogP contribution in [0.25, 0.3) is 0 Å². The molecule has 0 amide bonds. The van der Waals surface area contributed by atoms with Crippen molar-refractivity contribution < 1.29 is 4.74 Å². The summed E-state index contributed by atoms with van der Waals surface area (Å²) < 4.78 is 7.46. The fourth-order valence-electron chi connectivity index (χ4n) is 3.24. The number of aromatic nitrogens is 2. The molecule has 0 bridgehead atoms. The van der Waals surface area contributed by atoms with Crippen LogP contribution in [0.15, 0.2) is 17.4 Å². The standard InChI is InChI=1S/C19H36N6O/c1-5-20-19(21-6-7-25-15-17(4)13-23-25)22-14-18(12-16(2)3)24-8-10-26-11-9-24/h13,15-16,18H,5-12,14H2,1-4H3,(H2,20,21,22). The molecule has 26 heavy (non-hydrogen) atoms. The van der Waals surface area contributed by atoms with Crippen molar-refractivity contribution in [2.24, 2.45) is 10.9 Å². The van der Waals surface area contributed by atoms with Gasteiger partial charge < -0.3 is 15.4 Å². The smallest absolute Gasteiger partial charge is 0.191 e. The Morgan fingerprint density at radius 1 is 1.31 bits per heavy atom. The first-order chi connectivity index (χ1) is 12.6. The summed E-state index contributed by atoms with van der Waals surface area (Å²) >= 11 is 0. The highest BCUT2D eigenvalue weighted by Gasteiger charge is 2.21. The highest BCUT2D eigenvalue weighted by atomic mass is 16.5. The van der Waals surface area contributed by atoms with E-state index in [0.29, 0.717) is 12.0 Å². The second-order valence-electron chi connectivity index (χ2n) is 7.36. The predicted molar refractivity (Wildman–Crippen MR) is 107 cm³/mol. The molecule has 7 heteroatoms. The first-order valence-corrected chi connectivity index (χ1v) is 9.91. The zero-order valence-electron chi connectivity index (χ0n) is 16.9. The van der Waals surface area contributed by atoms with Gasteiger partial charge in [0.1, 0.15) is 0 Å². The summed E-state index contributed by atoms with van der Waals surface area (Å²) in [5, 5.41) is 11.1. The van der Waals surface area contributed by atoms with E-state index in [9.17, 15) is 0 Å². The van der Waals surface area contributed by atoms with E-state index in [2.05, 4.69) is 54.5 Å². The van der Waals surface area contributed by atoms with Crippen molar-refractivity contribution in [2.45, 2.75) is 46.7 Å². The molecule has 1 aromatic heterocycles. The Kier molecular flexibility index (Phi) is 8.91. The Balaban J connectivity index is 1.88. The second-order valence-corrected chi connectivity index (χ2v) is 7.36. The molecule has 0 radical (unpaired) electrons. The molecule has 1 aliphatic rings. The van der Waals surface area contributed by atoms with Crippen LogP contribution < -0.4 is 10.6 Å². The quantitative estimate of drug-likeness (QED) is 0.513. The first kappa shape index (κ1) is 20.7. The molecule has 0 aliphatic carbocycles. The van der Waals surface area contributed by atoms with Crippen molar-refractivity contribution in [1.29, 1.82) is 0 Å². The van der Waals surface area contributed by atoms with Gasteiger partial charge in [-0.2, -0.15) is 5.10 Å². The van der Waals surface area contributed by atoms with E-state index in [1.807, 2.05) is 10.9 Å². The van der Waals surface area contributed by atoms with Crippen LogP contribution in [0.2, 0.25) is 0 Å². The molecule has 1 aliphatic heterocycles. The molecule has 1 unspecified atom stereocenters. The molecule has 2 rings (SSSR count). The van der Waals surface area contributed by atoms with Gasteiger partial charge in [0, 0.05) is 38.4 Å². The van der Waals surface area contributed by atoms with Crippen molar-refractivity contribution in [2.75, 3.05) is 45.9 Å². The molecule has 0 spiro atoms. The van der Waals surface area contributed by atoms with Gasteiger partial charge in [0.05, 0.1) is 32.5 Å². The molecular weight excluding hydrogens is 328 g/mol. The molecule has 1 fully saturated rings. The highest BCUT2D eigenvalue weighted by Crippen LogP contribution is 2.14. The zero-order chi connectivity index (χ0) is 18.8. The van der Waals surface area contributed by atoms with E-state index in [0.717, 1.165) is 64.9 Å². The Hall–Kier alpha value is -1.60. The van der Waals surface area contributed by atoms with Gasteiger partial charge in [0.15, 0.2) is 5.96 Å². The number of ether oxygens (including phenoxy) is 1. The molecular formula is C19H36N6O. The summed E-state index contributed by atoms with van der Waals surface area (Å²) in [4.78, 5) is 7.39. The number of aryl methyl sites for hydroxylation is 1. The lowest BCUT2D eigenvalue weighted by molar-refractivity contribution is 0.0143. The number of nitrogens with one attached hydrogen (secondary N) is 2. The van der Waals surface area contributed by atoms with Crippen LogP contribution in [0.3, 0.4) is 0 Å². The molecule has 148 valence electrons. The fraction of sp³-hybridized carbons (Fsp3) is 0.789. The molecule has 2 N–H and O–H groups in total. The minimum Gasteiger partial charge on any atom is -0.379 e. The van der Waals surface area contributed by atoms with Crippen molar-refractivity contribution in [3.63, 3.8) is 0 Å². The van der Waals surface area contributed by atoms with Crippen LogP contribution >= 0.6 is 0 Å². The van der Waals surface area contributed by atoms with E-state index in [1.54, 1.807) is 0 Å². The van der Waals surface area contributed by atoms with E-state index in [-0.39, 0.29) is 0 Å². The Morgan fingerprint density at radius 3 is 2.69 bits per heavy atom. The second kappa shape index (κ2) is 11.2. The minimum absolute atomic E-state index is 0.475. The lowest BCUT2D eigenvalue weighted by Gasteiger charge is -2.34. The number of nitrogens with zero attached hydrogens (tertiary/aromatic N) is 4. The van der Waals surface area contributed by atoms with Gasteiger partial charge in [0.2, 0.25) is 0 Å². The minimum atomic E-state index is 0.475. The van der Waals surface area contributed by atoms with Crippen LogP contribution in [0.5, 0.6) is 0 Å². The largest absolute Gasteiger partial charge is 0.379 e. The van der Waals surface area contributed by atoms with Crippen molar-refractivity contribution >= 4 is 5.96 Å². The van der Waals surface area contributed by atoms with Gasteiger partial charge in [-0.25, -0.2) is 0 Å². The van der Waals surface area contributed by atoms with Gasteiger partial charge in [-0.3, -0.25) is 14.6 Å². The van der Waals surface area contributed by atoms with Gasteiger partial charge in [-0.15, -0.1) is 0 Å². The fourth-order valence-corrected chi connectivity index (χ4v) is 3.24. The lowest BCUT2D eigenvalue weighted by atomic mass is 10.0. The van der Waals surface area contributed by atoms with E-state index in [1.165, 1.54) is 5.56 Å². The highest BCUT2D eigenvalue weighted by molar-refractivity contribution is 5.79. The normalized spacial score (nSPS) is 17.5. The predicted octanol–water partition coefficient (Wildman–Crippen LogP) is 1.49. The van der Waals surface area contributed by atoms with Crippen LogP contribution in [0.4, 0.5) is 0 Å². The van der Waals surface area contributed by atoms with Crippen molar-refractivity contribution in [3.8, 4) is 0 Å². The van der Waals surface area contributed by atoms with E-state index in [4.69, 9.17) is 9.73 Å². The molecule has 1 aromatic rings. The maximum absolute atomic E-state index is 5.51. The average Bonchev–Trinajstić information content (AvgIpc) is 3.04. The monoisotopic (exact) mass is 364 g/mol. The van der Waals surface area contributed by atoms with Gasteiger partial charge in [-0.05, 0) is 31.7 Å². The van der Waals surface area contributed by atoms with Crippen molar-refractivity contribution in [1.82, 2.24) is 25.3 Å². The van der Waals surface area contributed by atoms with Gasteiger partial charge in [0.25, 0.3) is 0 Å². The average molecular weight is 365 g/mol. The zero-order valence-corrected chi connectivity index (χ0v) is 16.9. The number of hydrogen-bond donors (Lipinski definition) is 2. The SMILES string of the molecule is CCNC(=NCC(CC(C)C)N1CCOCC1)NCCn1cc(C)cn1. The van der Waals surface area contributed by atoms with Crippen LogP contribution in [0.1, 0.15) is 32.8 Å². The summed E-state index contributed by atoms with van der Waals surface area (Å²) in [6.07, 6.45) is 5.11. The summed E-state index contributed by atoms with van der Waals surface area (Å²) in [7, 11) is 0. The summed E-state index contributed by atoms with van der Waals surface area (Å²) in [5.41, 5.74) is 1.19.